The molecule has 0 aliphatic heterocycles. The van der Waals surface area contributed by atoms with Gasteiger partial charge in [0.15, 0.2) is 0 Å². The van der Waals surface area contributed by atoms with Crippen molar-refractivity contribution in [3.05, 3.63) is 36.7 Å². The average Bonchev–Trinajstić information content (AvgIpc) is 2.39. The standard InChI is InChI=1S/C12H14N4O/c1-16(12-14-7-9(13)8-15-12)10-4-3-5-11(6-10)17-2/h3-8H,13H2,1-2H3. The van der Waals surface area contributed by atoms with Crippen molar-refractivity contribution in [2.75, 3.05) is 24.8 Å². The number of ether oxygens (including phenoxy) is 1. The molecule has 0 saturated heterocycles. The van der Waals surface area contributed by atoms with E-state index in [4.69, 9.17) is 10.5 Å². The van der Waals surface area contributed by atoms with Gasteiger partial charge in [-0.2, -0.15) is 0 Å². The summed E-state index contributed by atoms with van der Waals surface area (Å²) in [5.41, 5.74) is 7.05. The predicted molar refractivity (Wildman–Crippen MR) is 67.5 cm³/mol. The van der Waals surface area contributed by atoms with Crippen molar-refractivity contribution in [2.45, 2.75) is 0 Å². The molecule has 2 N–H and O–H groups in total. The Morgan fingerprint density at radius 3 is 2.59 bits per heavy atom. The second kappa shape index (κ2) is 4.69. The minimum Gasteiger partial charge on any atom is -0.497 e. The van der Waals surface area contributed by atoms with Crippen LogP contribution in [0, 0.1) is 0 Å². The van der Waals surface area contributed by atoms with E-state index in [1.807, 2.05) is 36.2 Å². The molecule has 2 rings (SSSR count). The van der Waals surface area contributed by atoms with Crippen LogP contribution in [-0.4, -0.2) is 24.1 Å². The quantitative estimate of drug-likeness (QED) is 0.871. The van der Waals surface area contributed by atoms with E-state index in [-0.39, 0.29) is 0 Å². The number of anilines is 3. The van der Waals surface area contributed by atoms with Crippen LogP contribution in [0.4, 0.5) is 17.3 Å². The number of nitrogens with two attached hydrogens (primary N) is 1. The summed E-state index contributed by atoms with van der Waals surface area (Å²) in [6.45, 7) is 0. The van der Waals surface area contributed by atoms with Gasteiger partial charge in [0, 0.05) is 18.8 Å². The second-order valence-electron chi connectivity index (χ2n) is 3.58. The van der Waals surface area contributed by atoms with Crippen LogP contribution in [0.1, 0.15) is 0 Å². The number of hydrogen-bond acceptors (Lipinski definition) is 5. The highest BCUT2D eigenvalue weighted by Crippen LogP contribution is 2.24. The van der Waals surface area contributed by atoms with Gasteiger partial charge in [-0.3, -0.25) is 0 Å². The van der Waals surface area contributed by atoms with Gasteiger partial charge >= 0.3 is 0 Å². The normalized spacial score (nSPS) is 10.0. The zero-order chi connectivity index (χ0) is 12.3. The smallest absolute Gasteiger partial charge is 0.229 e. The van der Waals surface area contributed by atoms with Crippen molar-refractivity contribution in [3.63, 3.8) is 0 Å². The van der Waals surface area contributed by atoms with Gasteiger partial charge in [-0.25, -0.2) is 9.97 Å². The first kappa shape index (κ1) is 11.2. The first-order chi connectivity index (χ1) is 8.20. The lowest BCUT2D eigenvalue weighted by Gasteiger charge is -2.17. The fourth-order valence-electron chi connectivity index (χ4n) is 1.44. The van der Waals surface area contributed by atoms with Gasteiger partial charge in [-0.15, -0.1) is 0 Å². The lowest BCUT2D eigenvalue weighted by atomic mass is 10.3. The zero-order valence-corrected chi connectivity index (χ0v) is 9.79. The van der Waals surface area contributed by atoms with Gasteiger partial charge in [0.05, 0.1) is 25.2 Å². The summed E-state index contributed by atoms with van der Waals surface area (Å²) < 4.78 is 5.17. The minimum absolute atomic E-state index is 0.549. The van der Waals surface area contributed by atoms with Gasteiger partial charge in [0.25, 0.3) is 0 Å². The van der Waals surface area contributed by atoms with E-state index in [2.05, 4.69) is 9.97 Å². The molecule has 88 valence electrons. The Morgan fingerprint density at radius 2 is 1.94 bits per heavy atom. The Labute approximate surface area is 99.9 Å². The summed E-state index contributed by atoms with van der Waals surface area (Å²) in [5.74, 6) is 1.39. The highest BCUT2D eigenvalue weighted by Gasteiger charge is 2.07. The van der Waals surface area contributed by atoms with Gasteiger partial charge in [0.2, 0.25) is 5.95 Å². The number of aromatic nitrogens is 2. The molecule has 0 amide bonds. The average molecular weight is 230 g/mol. The van der Waals surface area contributed by atoms with Crippen LogP contribution >= 0.6 is 0 Å². The number of benzene rings is 1. The second-order valence-corrected chi connectivity index (χ2v) is 3.58. The van der Waals surface area contributed by atoms with Crippen LogP contribution in [0.2, 0.25) is 0 Å². The number of rotatable bonds is 3. The Hall–Kier alpha value is -2.30. The van der Waals surface area contributed by atoms with Crippen molar-refractivity contribution >= 4 is 17.3 Å². The molecular weight excluding hydrogens is 216 g/mol. The lowest BCUT2D eigenvalue weighted by molar-refractivity contribution is 0.415. The fourth-order valence-corrected chi connectivity index (χ4v) is 1.44. The third kappa shape index (κ3) is 2.44. The Kier molecular flexibility index (Phi) is 3.09. The summed E-state index contributed by atoms with van der Waals surface area (Å²) in [6, 6.07) is 7.69. The van der Waals surface area contributed by atoms with E-state index >= 15 is 0 Å². The van der Waals surface area contributed by atoms with E-state index in [0.717, 1.165) is 11.4 Å². The molecular formula is C12H14N4O. The molecule has 0 atom stereocenters. The maximum atomic E-state index is 5.55. The Bertz CT molecular complexity index is 498. The van der Waals surface area contributed by atoms with Crippen molar-refractivity contribution in [1.29, 1.82) is 0 Å². The van der Waals surface area contributed by atoms with Crippen LogP contribution in [0.3, 0.4) is 0 Å². The molecule has 0 saturated carbocycles. The van der Waals surface area contributed by atoms with E-state index in [0.29, 0.717) is 11.6 Å². The molecule has 17 heavy (non-hydrogen) atoms. The van der Waals surface area contributed by atoms with Crippen LogP contribution < -0.4 is 15.4 Å². The molecule has 0 aliphatic rings. The molecule has 0 radical (unpaired) electrons. The predicted octanol–water partition coefficient (Wildman–Crippen LogP) is 1.84. The third-order valence-corrected chi connectivity index (χ3v) is 2.40. The number of nitrogen functional groups attached to an aromatic ring is 1. The van der Waals surface area contributed by atoms with Crippen LogP contribution in [-0.2, 0) is 0 Å². The third-order valence-electron chi connectivity index (χ3n) is 2.40. The summed E-state index contributed by atoms with van der Waals surface area (Å²) in [6.07, 6.45) is 3.16. The van der Waals surface area contributed by atoms with E-state index in [9.17, 15) is 0 Å². The topological polar surface area (TPSA) is 64.3 Å². The summed E-state index contributed by atoms with van der Waals surface area (Å²) in [7, 11) is 3.53. The molecule has 0 aliphatic carbocycles. The minimum atomic E-state index is 0.549. The molecule has 5 nitrogen and oxygen atoms in total. The zero-order valence-electron chi connectivity index (χ0n) is 9.79. The Morgan fingerprint density at radius 1 is 1.24 bits per heavy atom. The summed E-state index contributed by atoms with van der Waals surface area (Å²) in [5, 5.41) is 0. The molecule has 2 aromatic rings. The van der Waals surface area contributed by atoms with Gasteiger partial charge in [-0.1, -0.05) is 6.07 Å². The number of hydrogen-bond donors (Lipinski definition) is 1. The highest BCUT2D eigenvalue weighted by atomic mass is 16.5. The molecule has 0 spiro atoms. The summed E-state index contributed by atoms with van der Waals surface area (Å²) >= 11 is 0. The fraction of sp³-hybridized carbons (Fsp3) is 0.167. The largest absolute Gasteiger partial charge is 0.497 e. The van der Waals surface area contributed by atoms with Gasteiger partial charge in [-0.05, 0) is 12.1 Å². The lowest BCUT2D eigenvalue weighted by Crippen LogP contribution is -2.13. The van der Waals surface area contributed by atoms with Gasteiger partial charge < -0.3 is 15.4 Å². The van der Waals surface area contributed by atoms with Crippen molar-refractivity contribution in [1.82, 2.24) is 9.97 Å². The number of nitrogens with zero attached hydrogens (tertiary/aromatic N) is 3. The van der Waals surface area contributed by atoms with E-state index in [1.165, 1.54) is 0 Å². The molecule has 5 heteroatoms. The molecule has 0 unspecified atom stereocenters. The van der Waals surface area contributed by atoms with Crippen molar-refractivity contribution in [3.8, 4) is 5.75 Å². The SMILES string of the molecule is COc1cccc(N(C)c2ncc(N)cn2)c1. The molecule has 0 fully saturated rings. The van der Waals surface area contributed by atoms with Gasteiger partial charge in [0.1, 0.15) is 5.75 Å². The van der Waals surface area contributed by atoms with Crippen molar-refractivity contribution < 1.29 is 4.74 Å². The highest BCUT2D eigenvalue weighted by molar-refractivity contribution is 5.58. The van der Waals surface area contributed by atoms with E-state index in [1.54, 1.807) is 19.5 Å². The van der Waals surface area contributed by atoms with Crippen LogP contribution in [0.25, 0.3) is 0 Å². The van der Waals surface area contributed by atoms with Crippen LogP contribution in [0.15, 0.2) is 36.7 Å². The molecule has 0 bridgehead atoms. The maximum Gasteiger partial charge on any atom is 0.229 e. The molecule has 1 aromatic heterocycles. The van der Waals surface area contributed by atoms with Crippen LogP contribution in [0.5, 0.6) is 5.75 Å². The summed E-state index contributed by atoms with van der Waals surface area (Å²) in [4.78, 5) is 10.2. The maximum absolute atomic E-state index is 5.55. The van der Waals surface area contributed by atoms with E-state index < -0.39 is 0 Å². The first-order valence-electron chi connectivity index (χ1n) is 5.16. The Balaban J connectivity index is 2.29. The van der Waals surface area contributed by atoms with Crippen molar-refractivity contribution in [2.24, 2.45) is 0 Å². The monoisotopic (exact) mass is 230 g/mol. The molecule has 1 heterocycles. The number of methoxy groups -OCH3 is 1. The molecule has 1 aromatic carbocycles. The first-order valence-corrected chi connectivity index (χ1v) is 5.16.